The molecule has 1 aromatic rings. The summed E-state index contributed by atoms with van der Waals surface area (Å²) in [4.78, 5) is 23.9. The summed E-state index contributed by atoms with van der Waals surface area (Å²) in [5.41, 5.74) is 0.576. The smallest absolute Gasteiger partial charge is 0.237 e. The van der Waals surface area contributed by atoms with E-state index in [2.05, 4.69) is 5.32 Å². The van der Waals surface area contributed by atoms with Crippen LogP contribution in [0.2, 0.25) is 0 Å². The molecule has 0 radical (unpaired) electrons. The zero-order valence-corrected chi connectivity index (χ0v) is 11.0. The standard InChI is InChI=1S/C16H19NO2/c18-14-9-10-16(15(19)17-14,11-12-5-4-6-12)13-7-2-1-3-8-13/h1-3,7-8,12H,4-6,9-11H2,(H,17,18,19). The third-order valence-corrected chi connectivity index (χ3v) is 4.65. The topological polar surface area (TPSA) is 46.2 Å². The first-order valence-electron chi connectivity index (χ1n) is 7.10. The summed E-state index contributed by atoms with van der Waals surface area (Å²) in [6.07, 6.45) is 5.70. The third-order valence-electron chi connectivity index (χ3n) is 4.65. The second kappa shape index (κ2) is 4.80. The van der Waals surface area contributed by atoms with Gasteiger partial charge in [0.15, 0.2) is 0 Å². The van der Waals surface area contributed by atoms with Crippen molar-refractivity contribution in [3.8, 4) is 0 Å². The summed E-state index contributed by atoms with van der Waals surface area (Å²) in [6.45, 7) is 0. The van der Waals surface area contributed by atoms with Gasteiger partial charge in [-0.05, 0) is 24.3 Å². The molecule has 1 atom stereocenters. The molecule has 1 aliphatic carbocycles. The van der Waals surface area contributed by atoms with E-state index in [4.69, 9.17) is 0 Å². The largest absolute Gasteiger partial charge is 0.296 e. The zero-order chi connectivity index (χ0) is 13.3. The fourth-order valence-corrected chi connectivity index (χ4v) is 3.28. The highest BCUT2D eigenvalue weighted by Crippen LogP contribution is 2.43. The minimum atomic E-state index is -0.486. The van der Waals surface area contributed by atoms with Crippen LogP contribution in [0, 0.1) is 5.92 Å². The van der Waals surface area contributed by atoms with Gasteiger partial charge in [-0.15, -0.1) is 0 Å². The van der Waals surface area contributed by atoms with Crippen LogP contribution in [0.15, 0.2) is 30.3 Å². The predicted octanol–water partition coefficient (Wildman–Crippen LogP) is 2.55. The number of imide groups is 1. The van der Waals surface area contributed by atoms with E-state index in [1.54, 1.807) is 0 Å². The van der Waals surface area contributed by atoms with Crippen LogP contribution in [-0.4, -0.2) is 11.8 Å². The fourth-order valence-electron chi connectivity index (χ4n) is 3.28. The Labute approximate surface area is 113 Å². The Hall–Kier alpha value is -1.64. The molecular weight excluding hydrogens is 238 g/mol. The normalized spacial score (nSPS) is 27.8. The molecule has 19 heavy (non-hydrogen) atoms. The molecule has 0 spiro atoms. The third kappa shape index (κ3) is 2.18. The lowest BCUT2D eigenvalue weighted by Crippen LogP contribution is -2.52. The summed E-state index contributed by atoms with van der Waals surface area (Å²) >= 11 is 0. The molecule has 1 N–H and O–H groups in total. The second-order valence-electron chi connectivity index (χ2n) is 5.83. The summed E-state index contributed by atoms with van der Waals surface area (Å²) < 4.78 is 0. The van der Waals surface area contributed by atoms with Crippen LogP contribution >= 0.6 is 0 Å². The number of carbonyl (C=O) groups is 2. The first kappa shape index (κ1) is 12.4. The second-order valence-corrected chi connectivity index (χ2v) is 5.83. The fraction of sp³-hybridized carbons (Fsp3) is 0.500. The highest BCUT2D eigenvalue weighted by Gasteiger charge is 2.46. The SMILES string of the molecule is O=C1CCC(CC2CCC2)(c2ccccc2)C(=O)N1. The summed E-state index contributed by atoms with van der Waals surface area (Å²) in [5, 5.41) is 2.54. The van der Waals surface area contributed by atoms with Crippen LogP contribution in [0.25, 0.3) is 0 Å². The summed E-state index contributed by atoms with van der Waals surface area (Å²) in [7, 11) is 0. The number of piperidine rings is 1. The molecule has 0 bridgehead atoms. The maximum atomic E-state index is 12.5. The van der Waals surface area contributed by atoms with E-state index in [-0.39, 0.29) is 11.8 Å². The minimum absolute atomic E-state index is 0.0955. The molecule has 3 heteroatoms. The van der Waals surface area contributed by atoms with Crippen molar-refractivity contribution >= 4 is 11.8 Å². The number of carbonyl (C=O) groups excluding carboxylic acids is 2. The van der Waals surface area contributed by atoms with Crippen molar-refractivity contribution < 1.29 is 9.59 Å². The monoisotopic (exact) mass is 257 g/mol. The van der Waals surface area contributed by atoms with Crippen LogP contribution in [0.4, 0.5) is 0 Å². The van der Waals surface area contributed by atoms with Crippen LogP contribution in [0.5, 0.6) is 0 Å². The Morgan fingerprint density at radius 3 is 2.47 bits per heavy atom. The Kier molecular flexibility index (Phi) is 3.13. The first-order chi connectivity index (χ1) is 9.21. The number of rotatable bonds is 3. The lowest BCUT2D eigenvalue weighted by atomic mass is 9.65. The van der Waals surface area contributed by atoms with Crippen molar-refractivity contribution in [3.05, 3.63) is 35.9 Å². The maximum Gasteiger partial charge on any atom is 0.237 e. The van der Waals surface area contributed by atoms with Gasteiger partial charge in [0.25, 0.3) is 0 Å². The minimum Gasteiger partial charge on any atom is -0.296 e. The molecule has 1 aliphatic heterocycles. The van der Waals surface area contributed by atoms with E-state index < -0.39 is 5.41 Å². The van der Waals surface area contributed by atoms with E-state index in [0.717, 1.165) is 12.0 Å². The van der Waals surface area contributed by atoms with Gasteiger partial charge < -0.3 is 0 Å². The van der Waals surface area contributed by atoms with Gasteiger partial charge in [0.2, 0.25) is 11.8 Å². The molecule has 1 aromatic carbocycles. The number of nitrogens with one attached hydrogen (secondary N) is 1. The number of amides is 2. The maximum absolute atomic E-state index is 12.5. The van der Waals surface area contributed by atoms with E-state index >= 15 is 0 Å². The summed E-state index contributed by atoms with van der Waals surface area (Å²) in [5.74, 6) is 0.408. The highest BCUT2D eigenvalue weighted by atomic mass is 16.2. The van der Waals surface area contributed by atoms with E-state index in [9.17, 15) is 9.59 Å². The Balaban J connectivity index is 1.94. The quantitative estimate of drug-likeness (QED) is 0.846. The molecule has 2 aliphatic rings. The van der Waals surface area contributed by atoms with Gasteiger partial charge in [0.1, 0.15) is 0 Å². The molecule has 0 aromatic heterocycles. The van der Waals surface area contributed by atoms with Crippen LogP contribution in [-0.2, 0) is 15.0 Å². The van der Waals surface area contributed by atoms with Crippen molar-refractivity contribution in [2.45, 2.75) is 43.9 Å². The van der Waals surface area contributed by atoms with Crippen LogP contribution < -0.4 is 5.32 Å². The summed E-state index contributed by atoms with van der Waals surface area (Å²) in [6, 6.07) is 9.96. The van der Waals surface area contributed by atoms with Crippen molar-refractivity contribution in [1.82, 2.24) is 5.32 Å². The molecule has 1 unspecified atom stereocenters. The van der Waals surface area contributed by atoms with Crippen LogP contribution in [0.1, 0.15) is 44.1 Å². The van der Waals surface area contributed by atoms with E-state index in [1.807, 2.05) is 30.3 Å². The van der Waals surface area contributed by atoms with Gasteiger partial charge in [0, 0.05) is 6.42 Å². The highest BCUT2D eigenvalue weighted by molar-refractivity contribution is 6.03. The lowest BCUT2D eigenvalue weighted by Gasteiger charge is -2.40. The van der Waals surface area contributed by atoms with Crippen molar-refractivity contribution in [2.75, 3.05) is 0 Å². The first-order valence-corrected chi connectivity index (χ1v) is 7.10. The number of hydrogen-bond donors (Lipinski definition) is 1. The molecule has 2 fully saturated rings. The Morgan fingerprint density at radius 1 is 1.16 bits per heavy atom. The van der Waals surface area contributed by atoms with Crippen molar-refractivity contribution in [3.63, 3.8) is 0 Å². The lowest BCUT2D eigenvalue weighted by molar-refractivity contribution is -0.138. The van der Waals surface area contributed by atoms with Crippen molar-refractivity contribution in [1.29, 1.82) is 0 Å². The van der Waals surface area contributed by atoms with Gasteiger partial charge in [0.05, 0.1) is 5.41 Å². The average molecular weight is 257 g/mol. The molecule has 1 heterocycles. The number of benzene rings is 1. The Morgan fingerprint density at radius 2 is 1.89 bits per heavy atom. The van der Waals surface area contributed by atoms with E-state index in [1.165, 1.54) is 19.3 Å². The average Bonchev–Trinajstić information content (AvgIpc) is 2.37. The van der Waals surface area contributed by atoms with E-state index in [0.29, 0.717) is 18.8 Å². The van der Waals surface area contributed by atoms with Gasteiger partial charge in [-0.3, -0.25) is 14.9 Å². The zero-order valence-electron chi connectivity index (χ0n) is 11.0. The van der Waals surface area contributed by atoms with Gasteiger partial charge >= 0.3 is 0 Å². The molecule has 1 saturated carbocycles. The van der Waals surface area contributed by atoms with Gasteiger partial charge in [-0.2, -0.15) is 0 Å². The molecule has 1 saturated heterocycles. The van der Waals surface area contributed by atoms with Gasteiger partial charge in [-0.25, -0.2) is 0 Å². The molecule has 3 nitrogen and oxygen atoms in total. The Bertz CT molecular complexity index is 493. The van der Waals surface area contributed by atoms with Gasteiger partial charge in [-0.1, -0.05) is 49.6 Å². The van der Waals surface area contributed by atoms with Crippen LogP contribution in [0.3, 0.4) is 0 Å². The number of hydrogen-bond acceptors (Lipinski definition) is 2. The molecule has 100 valence electrons. The molecule has 2 amide bonds. The predicted molar refractivity (Wildman–Crippen MR) is 72.5 cm³/mol. The molecular formula is C16H19NO2. The molecule has 3 rings (SSSR count). The van der Waals surface area contributed by atoms with Crippen molar-refractivity contribution in [2.24, 2.45) is 5.92 Å².